The molecule has 1 aliphatic carbocycles. The predicted octanol–water partition coefficient (Wildman–Crippen LogP) is 2.96. The topological polar surface area (TPSA) is 50.9 Å². The lowest BCUT2D eigenvalue weighted by Crippen LogP contribution is -2.43. The van der Waals surface area contributed by atoms with Crippen LogP contribution < -0.4 is 11.3 Å². The lowest BCUT2D eigenvalue weighted by molar-refractivity contribution is 0.222. The van der Waals surface area contributed by atoms with Gasteiger partial charge in [-0.3, -0.25) is 11.3 Å². The van der Waals surface area contributed by atoms with E-state index in [9.17, 15) is 0 Å². The van der Waals surface area contributed by atoms with Crippen LogP contribution in [0.3, 0.4) is 0 Å². The van der Waals surface area contributed by atoms with Gasteiger partial charge in [0.2, 0.25) is 0 Å². The van der Waals surface area contributed by atoms with Crippen molar-refractivity contribution >= 4 is 11.3 Å². The zero-order valence-electron chi connectivity index (χ0n) is 11.7. The predicted molar refractivity (Wildman–Crippen MR) is 77.5 cm³/mol. The van der Waals surface area contributed by atoms with E-state index in [-0.39, 0.29) is 0 Å². The molecule has 3 atom stereocenters. The number of hydrogen-bond donors (Lipinski definition) is 2. The molecule has 4 heteroatoms. The number of hydrogen-bond acceptors (Lipinski definition) is 4. The Kier molecular flexibility index (Phi) is 4.76. The van der Waals surface area contributed by atoms with E-state index in [1.165, 1.54) is 41.3 Å². The molecule has 0 aromatic carbocycles. The summed E-state index contributed by atoms with van der Waals surface area (Å²) in [7, 11) is 0. The molecule has 1 aliphatic rings. The molecule has 3 unspecified atom stereocenters. The monoisotopic (exact) mass is 267 g/mol. The first-order chi connectivity index (χ1) is 8.60. The van der Waals surface area contributed by atoms with Crippen LogP contribution in [0.25, 0.3) is 0 Å². The number of aryl methyl sites for hydroxylation is 2. The maximum Gasteiger partial charge on any atom is 0.0947 e. The highest BCUT2D eigenvalue weighted by atomic mass is 32.1. The smallest absolute Gasteiger partial charge is 0.0947 e. The van der Waals surface area contributed by atoms with Crippen molar-refractivity contribution in [3.05, 3.63) is 15.6 Å². The zero-order valence-corrected chi connectivity index (χ0v) is 12.5. The van der Waals surface area contributed by atoms with Gasteiger partial charge in [0, 0.05) is 17.3 Å². The van der Waals surface area contributed by atoms with Gasteiger partial charge in [0.15, 0.2) is 0 Å². The average Bonchev–Trinajstić information content (AvgIpc) is 2.65. The normalized spacial score (nSPS) is 26.2. The summed E-state index contributed by atoms with van der Waals surface area (Å²) < 4.78 is 0. The van der Waals surface area contributed by atoms with Crippen LogP contribution in [0.4, 0.5) is 0 Å². The summed E-state index contributed by atoms with van der Waals surface area (Å²) in [5.41, 5.74) is 4.21. The molecule has 0 amide bonds. The van der Waals surface area contributed by atoms with Crippen LogP contribution in [0.15, 0.2) is 0 Å². The lowest BCUT2D eigenvalue weighted by Gasteiger charge is -2.32. The number of hydrazine groups is 1. The van der Waals surface area contributed by atoms with Gasteiger partial charge in [-0.05, 0) is 38.5 Å². The third-order valence-electron chi connectivity index (χ3n) is 4.23. The molecule has 0 spiro atoms. The van der Waals surface area contributed by atoms with Gasteiger partial charge in [-0.15, -0.1) is 11.3 Å². The minimum atomic E-state index is 0.387. The Morgan fingerprint density at radius 3 is 2.78 bits per heavy atom. The fraction of sp³-hybridized carbons (Fsp3) is 0.786. The Morgan fingerprint density at radius 1 is 1.44 bits per heavy atom. The van der Waals surface area contributed by atoms with Crippen LogP contribution in [-0.2, 0) is 6.42 Å². The Balaban J connectivity index is 2.00. The number of thiazole rings is 1. The second-order valence-electron chi connectivity index (χ2n) is 5.76. The number of nitrogens with zero attached hydrogens (tertiary/aromatic N) is 1. The van der Waals surface area contributed by atoms with Gasteiger partial charge < -0.3 is 0 Å². The number of rotatable bonds is 4. The third kappa shape index (κ3) is 3.31. The van der Waals surface area contributed by atoms with E-state index < -0.39 is 0 Å². The lowest BCUT2D eigenvalue weighted by atomic mass is 9.78. The van der Waals surface area contributed by atoms with Gasteiger partial charge in [-0.25, -0.2) is 4.98 Å². The SMILES string of the molecule is Cc1nc(CC(NN)C2CCCC(C)C2)sc1C. The standard InChI is InChI=1S/C14H25N3S/c1-9-5-4-6-12(7-9)13(17-15)8-14-16-10(2)11(3)18-14/h9,12-13,17H,4-8,15H2,1-3H3. The average molecular weight is 267 g/mol. The summed E-state index contributed by atoms with van der Waals surface area (Å²) in [4.78, 5) is 5.97. The quantitative estimate of drug-likeness (QED) is 0.651. The molecule has 18 heavy (non-hydrogen) atoms. The van der Waals surface area contributed by atoms with Crippen LogP contribution >= 0.6 is 11.3 Å². The molecule has 3 nitrogen and oxygen atoms in total. The van der Waals surface area contributed by atoms with E-state index in [0.717, 1.165) is 12.3 Å². The molecule has 0 radical (unpaired) electrons. The Bertz CT molecular complexity index is 369. The molecule has 1 aromatic heterocycles. The van der Waals surface area contributed by atoms with Crippen LogP contribution in [0.5, 0.6) is 0 Å². The maximum absolute atomic E-state index is 5.77. The minimum Gasteiger partial charge on any atom is -0.271 e. The molecule has 1 saturated carbocycles. The molecule has 0 bridgehead atoms. The zero-order chi connectivity index (χ0) is 13.1. The molecular formula is C14H25N3S. The number of nitrogens with two attached hydrogens (primary N) is 1. The highest BCUT2D eigenvalue weighted by molar-refractivity contribution is 7.11. The van der Waals surface area contributed by atoms with Crippen molar-refractivity contribution < 1.29 is 0 Å². The largest absolute Gasteiger partial charge is 0.271 e. The van der Waals surface area contributed by atoms with E-state index in [1.54, 1.807) is 0 Å². The molecular weight excluding hydrogens is 242 g/mol. The number of nitrogens with one attached hydrogen (secondary N) is 1. The van der Waals surface area contributed by atoms with E-state index in [2.05, 4.69) is 31.2 Å². The summed E-state index contributed by atoms with van der Waals surface area (Å²) in [5.74, 6) is 7.33. The van der Waals surface area contributed by atoms with E-state index in [4.69, 9.17) is 5.84 Å². The third-order valence-corrected chi connectivity index (χ3v) is 5.32. The molecule has 1 heterocycles. The van der Waals surface area contributed by atoms with Gasteiger partial charge in [0.1, 0.15) is 0 Å². The summed E-state index contributed by atoms with van der Waals surface area (Å²) in [6.07, 6.45) is 6.32. The first-order valence-electron chi connectivity index (χ1n) is 6.99. The van der Waals surface area contributed by atoms with Crippen molar-refractivity contribution in [1.82, 2.24) is 10.4 Å². The van der Waals surface area contributed by atoms with E-state index in [0.29, 0.717) is 12.0 Å². The first-order valence-corrected chi connectivity index (χ1v) is 7.80. The molecule has 3 N–H and O–H groups in total. The van der Waals surface area contributed by atoms with Crippen LogP contribution in [0.2, 0.25) is 0 Å². The molecule has 1 fully saturated rings. The molecule has 0 aliphatic heterocycles. The van der Waals surface area contributed by atoms with Crippen molar-refractivity contribution in [2.24, 2.45) is 17.7 Å². The summed E-state index contributed by atoms with van der Waals surface area (Å²) >= 11 is 1.82. The Labute approximate surface area is 114 Å². The van der Waals surface area contributed by atoms with Crippen molar-refractivity contribution in [2.75, 3.05) is 0 Å². The minimum absolute atomic E-state index is 0.387. The molecule has 2 rings (SSSR count). The Morgan fingerprint density at radius 2 is 2.22 bits per heavy atom. The van der Waals surface area contributed by atoms with Gasteiger partial charge >= 0.3 is 0 Å². The van der Waals surface area contributed by atoms with Crippen molar-refractivity contribution in [3.8, 4) is 0 Å². The van der Waals surface area contributed by atoms with E-state index >= 15 is 0 Å². The fourth-order valence-electron chi connectivity index (χ4n) is 3.02. The summed E-state index contributed by atoms with van der Waals surface area (Å²) in [5, 5.41) is 1.23. The van der Waals surface area contributed by atoms with Gasteiger partial charge in [-0.2, -0.15) is 0 Å². The van der Waals surface area contributed by atoms with Gasteiger partial charge in [0.25, 0.3) is 0 Å². The molecule has 0 saturated heterocycles. The van der Waals surface area contributed by atoms with Crippen LogP contribution in [0, 0.1) is 25.7 Å². The highest BCUT2D eigenvalue weighted by Gasteiger charge is 2.26. The Hall–Kier alpha value is -0.450. The first kappa shape index (κ1) is 14.0. The van der Waals surface area contributed by atoms with Crippen LogP contribution in [-0.4, -0.2) is 11.0 Å². The molecule has 1 aromatic rings. The van der Waals surface area contributed by atoms with Crippen LogP contribution in [0.1, 0.15) is 48.2 Å². The molecule has 102 valence electrons. The van der Waals surface area contributed by atoms with Gasteiger partial charge in [0.05, 0.1) is 10.7 Å². The summed E-state index contributed by atoms with van der Waals surface area (Å²) in [6.45, 7) is 6.59. The maximum atomic E-state index is 5.77. The summed E-state index contributed by atoms with van der Waals surface area (Å²) in [6, 6.07) is 0.387. The fourth-order valence-corrected chi connectivity index (χ4v) is 4.02. The number of aromatic nitrogens is 1. The van der Waals surface area contributed by atoms with Crippen molar-refractivity contribution in [1.29, 1.82) is 0 Å². The second-order valence-corrected chi connectivity index (χ2v) is 7.05. The van der Waals surface area contributed by atoms with Gasteiger partial charge in [-0.1, -0.05) is 19.8 Å². The second kappa shape index (κ2) is 6.13. The van der Waals surface area contributed by atoms with Crippen molar-refractivity contribution in [3.63, 3.8) is 0 Å². The van der Waals surface area contributed by atoms with E-state index in [1.807, 2.05) is 11.3 Å². The van der Waals surface area contributed by atoms with Crippen molar-refractivity contribution in [2.45, 2.75) is 58.9 Å². The highest BCUT2D eigenvalue weighted by Crippen LogP contribution is 2.32.